The van der Waals surface area contributed by atoms with Gasteiger partial charge < -0.3 is 5.11 Å². The molecule has 0 aliphatic rings. The highest BCUT2D eigenvalue weighted by molar-refractivity contribution is 7.89. The summed E-state index contributed by atoms with van der Waals surface area (Å²) in [6.07, 6.45) is 1.58. The fourth-order valence-electron chi connectivity index (χ4n) is 1.76. The fourth-order valence-corrected chi connectivity index (χ4v) is 3.18. The lowest BCUT2D eigenvalue weighted by Crippen LogP contribution is -2.41. The van der Waals surface area contributed by atoms with Crippen molar-refractivity contribution in [3.63, 3.8) is 0 Å². The summed E-state index contributed by atoms with van der Waals surface area (Å²) in [6, 6.07) is -1.13. The lowest BCUT2D eigenvalue weighted by atomic mass is 10.1. The first kappa shape index (κ1) is 15.6. The molecule has 19 heavy (non-hydrogen) atoms. The molecule has 0 saturated heterocycles. The first-order chi connectivity index (χ1) is 8.63. The molecule has 2 N–H and O–H groups in total. The minimum absolute atomic E-state index is 0.00464. The van der Waals surface area contributed by atoms with Gasteiger partial charge >= 0.3 is 5.97 Å². The zero-order chi connectivity index (χ0) is 14.8. The van der Waals surface area contributed by atoms with E-state index in [1.165, 1.54) is 10.9 Å². The van der Waals surface area contributed by atoms with Gasteiger partial charge in [0.2, 0.25) is 10.0 Å². The summed E-state index contributed by atoms with van der Waals surface area (Å²) in [5.74, 6) is -1.11. The van der Waals surface area contributed by atoms with Crippen molar-refractivity contribution in [2.75, 3.05) is 0 Å². The summed E-state index contributed by atoms with van der Waals surface area (Å²) in [5, 5.41) is 13.0. The van der Waals surface area contributed by atoms with E-state index in [-0.39, 0.29) is 17.2 Å². The molecule has 8 heteroatoms. The number of aromatic nitrogens is 2. The van der Waals surface area contributed by atoms with E-state index in [1.54, 1.807) is 14.0 Å². The van der Waals surface area contributed by atoms with Gasteiger partial charge in [-0.25, -0.2) is 8.42 Å². The lowest BCUT2D eigenvalue weighted by molar-refractivity contribution is -0.139. The van der Waals surface area contributed by atoms with Gasteiger partial charge in [-0.05, 0) is 19.3 Å². The molecule has 7 nitrogen and oxygen atoms in total. The van der Waals surface area contributed by atoms with Crippen LogP contribution < -0.4 is 4.72 Å². The molecule has 108 valence electrons. The maximum absolute atomic E-state index is 12.1. The maximum Gasteiger partial charge on any atom is 0.321 e. The van der Waals surface area contributed by atoms with Crippen LogP contribution in [0.3, 0.4) is 0 Å². The van der Waals surface area contributed by atoms with Gasteiger partial charge in [0.05, 0.1) is 5.69 Å². The Labute approximate surface area is 112 Å². The summed E-state index contributed by atoms with van der Waals surface area (Å²) in [4.78, 5) is 11.1. The predicted molar refractivity (Wildman–Crippen MR) is 69.1 cm³/mol. The Morgan fingerprint density at radius 3 is 2.47 bits per heavy atom. The van der Waals surface area contributed by atoms with Gasteiger partial charge in [0.25, 0.3) is 0 Å². The second kappa shape index (κ2) is 5.70. The summed E-state index contributed by atoms with van der Waals surface area (Å²) < 4.78 is 27.9. The molecule has 0 aliphatic carbocycles. The minimum atomic E-state index is -3.87. The molecule has 0 fully saturated rings. The number of sulfonamides is 1. The van der Waals surface area contributed by atoms with Gasteiger partial charge in [-0.15, -0.1) is 0 Å². The topological polar surface area (TPSA) is 101 Å². The molecular formula is C11H19N3O4S. The molecule has 0 spiro atoms. The third kappa shape index (κ3) is 4.03. The molecule has 1 atom stereocenters. The van der Waals surface area contributed by atoms with Crippen LogP contribution in [-0.2, 0) is 21.9 Å². The van der Waals surface area contributed by atoms with Crippen LogP contribution in [-0.4, -0.2) is 35.3 Å². The number of carboxylic acids is 1. The van der Waals surface area contributed by atoms with E-state index in [0.717, 1.165) is 0 Å². The normalized spacial score (nSPS) is 13.7. The number of hydrogen-bond donors (Lipinski definition) is 2. The van der Waals surface area contributed by atoms with Crippen molar-refractivity contribution in [1.29, 1.82) is 0 Å². The van der Waals surface area contributed by atoms with Crippen molar-refractivity contribution >= 4 is 16.0 Å². The van der Waals surface area contributed by atoms with Crippen LogP contribution in [0.25, 0.3) is 0 Å². The van der Waals surface area contributed by atoms with Gasteiger partial charge in [0, 0.05) is 13.2 Å². The van der Waals surface area contributed by atoms with Crippen LogP contribution in [0.4, 0.5) is 0 Å². The maximum atomic E-state index is 12.1. The Morgan fingerprint density at radius 2 is 2.11 bits per heavy atom. The van der Waals surface area contributed by atoms with Crippen LogP contribution in [0, 0.1) is 12.8 Å². The zero-order valence-corrected chi connectivity index (χ0v) is 12.2. The quantitative estimate of drug-likeness (QED) is 0.794. The van der Waals surface area contributed by atoms with Gasteiger partial charge in [-0.3, -0.25) is 9.48 Å². The molecule has 1 aromatic rings. The third-order valence-electron chi connectivity index (χ3n) is 2.56. The van der Waals surface area contributed by atoms with E-state index >= 15 is 0 Å². The number of aryl methyl sites for hydroxylation is 2. The summed E-state index contributed by atoms with van der Waals surface area (Å²) in [5.41, 5.74) is 0.337. The van der Waals surface area contributed by atoms with E-state index in [4.69, 9.17) is 5.11 Å². The number of hydrogen-bond acceptors (Lipinski definition) is 4. The third-order valence-corrected chi connectivity index (χ3v) is 4.14. The zero-order valence-electron chi connectivity index (χ0n) is 11.4. The van der Waals surface area contributed by atoms with Crippen LogP contribution in [0.2, 0.25) is 0 Å². The van der Waals surface area contributed by atoms with Gasteiger partial charge in [0.1, 0.15) is 10.9 Å². The van der Waals surface area contributed by atoms with Crippen LogP contribution in [0.15, 0.2) is 11.1 Å². The van der Waals surface area contributed by atoms with E-state index in [0.29, 0.717) is 5.69 Å². The Kier molecular flexibility index (Phi) is 4.70. The highest BCUT2D eigenvalue weighted by Crippen LogP contribution is 2.15. The molecule has 0 amide bonds. The largest absolute Gasteiger partial charge is 0.480 e. The Bertz CT molecular complexity index is 562. The first-order valence-electron chi connectivity index (χ1n) is 5.89. The van der Waals surface area contributed by atoms with Gasteiger partial charge in [-0.2, -0.15) is 9.82 Å². The fraction of sp³-hybridized carbons (Fsp3) is 0.636. The Morgan fingerprint density at radius 1 is 1.53 bits per heavy atom. The van der Waals surface area contributed by atoms with Crippen molar-refractivity contribution in [1.82, 2.24) is 14.5 Å². The molecule has 0 aliphatic heterocycles. The van der Waals surface area contributed by atoms with Crippen molar-refractivity contribution < 1.29 is 18.3 Å². The summed E-state index contributed by atoms with van der Waals surface area (Å²) >= 11 is 0. The van der Waals surface area contributed by atoms with E-state index in [1.807, 2.05) is 13.8 Å². The molecule has 0 aromatic carbocycles. The minimum Gasteiger partial charge on any atom is -0.480 e. The number of aliphatic carboxylic acids is 1. The van der Waals surface area contributed by atoms with Crippen LogP contribution >= 0.6 is 0 Å². The highest BCUT2D eigenvalue weighted by Gasteiger charge is 2.28. The number of nitrogens with zero attached hydrogens (tertiary/aromatic N) is 2. The first-order valence-corrected chi connectivity index (χ1v) is 7.37. The number of carboxylic acid groups (broad SMARTS) is 1. The van der Waals surface area contributed by atoms with Gasteiger partial charge in [0.15, 0.2) is 0 Å². The molecule has 1 rings (SSSR count). The SMILES string of the molecule is Cc1nn(C)cc1S(=O)(=O)N[C@@H](CC(C)C)C(=O)O. The number of rotatable bonds is 6. The summed E-state index contributed by atoms with van der Waals surface area (Å²) in [6.45, 7) is 5.23. The highest BCUT2D eigenvalue weighted by atomic mass is 32.2. The van der Waals surface area contributed by atoms with Crippen molar-refractivity contribution in [3.8, 4) is 0 Å². The summed E-state index contributed by atoms with van der Waals surface area (Å²) in [7, 11) is -2.27. The molecule has 1 aromatic heterocycles. The molecule has 0 radical (unpaired) electrons. The van der Waals surface area contributed by atoms with E-state index in [9.17, 15) is 13.2 Å². The van der Waals surface area contributed by atoms with Crippen LogP contribution in [0.1, 0.15) is 26.0 Å². The Hall–Kier alpha value is -1.41. The monoisotopic (exact) mass is 289 g/mol. The number of nitrogens with one attached hydrogen (secondary N) is 1. The van der Waals surface area contributed by atoms with Crippen molar-refractivity contribution in [2.45, 2.75) is 38.1 Å². The average Bonchev–Trinajstić information content (AvgIpc) is 2.56. The van der Waals surface area contributed by atoms with Gasteiger partial charge in [-0.1, -0.05) is 13.8 Å². The average molecular weight is 289 g/mol. The predicted octanol–water partition coefficient (Wildman–Crippen LogP) is 0.506. The lowest BCUT2D eigenvalue weighted by Gasteiger charge is -2.16. The van der Waals surface area contributed by atoms with Crippen LogP contribution in [0.5, 0.6) is 0 Å². The molecular weight excluding hydrogens is 270 g/mol. The van der Waals surface area contributed by atoms with Crippen molar-refractivity contribution in [3.05, 3.63) is 11.9 Å². The molecule has 0 bridgehead atoms. The molecule has 0 saturated carbocycles. The molecule has 1 heterocycles. The van der Waals surface area contributed by atoms with E-state index in [2.05, 4.69) is 9.82 Å². The van der Waals surface area contributed by atoms with Crippen molar-refractivity contribution in [2.24, 2.45) is 13.0 Å². The standard InChI is InChI=1S/C11H19N3O4S/c1-7(2)5-9(11(15)16)13-19(17,18)10-6-14(4)12-8(10)3/h6-7,9,13H,5H2,1-4H3,(H,15,16)/t9-/m0/s1. The van der Waals surface area contributed by atoms with E-state index < -0.39 is 22.0 Å². The second-order valence-electron chi connectivity index (χ2n) is 4.89. The molecule has 0 unspecified atom stereocenters. The Balaban J connectivity index is 3.01. The second-order valence-corrected chi connectivity index (χ2v) is 6.58. The smallest absolute Gasteiger partial charge is 0.321 e. The number of carbonyl (C=O) groups is 1.